The Kier molecular flexibility index (Phi) is 5.17. The van der Waals surface area contributed by atoms with Gasteiger partial charge in [0.1, 0.15) is 0 Å². The van der Waals surface area contributed by atoms with Gasteiger partial charge in [-0.05, 0) is 18.4 Å². The van der Waals surface area contributed by atoms with E-state index < -0.39 is 0 Å². The Bertz CT molecular complexity index is 606. The molecule has 1 fully saturated rings. The van der Waals surface area contributed by atoms with Crippen LogP contribution in [0, 0.1) is 0 Å². The number of thioether (sulfide) groups is 1. The van der Waals surface area contributed by atoms with Gasteiger partial charge < -0.3 is 14.2 Å². The zero-order chi connectivity index (χ0) is 15.4. The lowest BCUT2D eigenvalue weighted by atomic mass is 10.3. The summed E-state index contributed by atoms with van der Waals surface area (Å²) in [5.41, 5.74) is 0.870. The molecule has 0 aliphatic carbocycles. The number of carbonyl (C=O) groups is 1. The molecule has 0 spiro atoms. The Hall–Kier alpha value is -1.31. The molecule has 1 aliphatic heterocycles. The summed E-state index contributed by atoms with van der Waals surface area (Å²) in [4.78, 5) is 15.3. The minimum absolute atomic E-state index is 0.0833. The van der Waals surface area contributed by atoms with Gasteiger partial charge in [0.2, 0.25) is 5.91 Å². The number of ether oxygens (including phenoxy) is 1. The molecule has 1 unspecified atom stereocenters. The minimum atomic E-state index is -0.0833. The Morgan fingerprint density at radius 2 is 2.32 bits per heavy atom. The number of morpholine rings is 1. The number of hydrogen-bond donors (Lipinski definition) is 0. The van der Waals surface area contributed by atoms with Crippen molar-refractivity contribution < 1.29 is 14.1 Å². The summed E-state index contributed by atoms with van der Waals surface area (Å²) in [6.45, 7) is 4.60. The van der Waals surface area contributed by atoms with Crippen LogP contribution in [0.2, 0.25) is 0 Å². The maximum absolute atomic E-state index is 12.3. The molecular weight excluding hydrogens is 320 g/mol. The quantitative estimate of drug-likeness (QED) is 0.839. The highest BCUT2D eigenvalue weighted by molar-refractivity contribution is 7.99. The summed E-state index contributed by atoms with van der Waals surface area (Å²) in [7, 11) is 0. The lowest BCUT2D eigenvalue weighted by molar-refractivity contribution is -0.134. The SMILES string of the molecule is CC(SCc1cc(-c2cccs2)on1)C(=O)N1CCOCC1. The third kappa shape index (κ3) is 3.71. The fraction of sp³-hybridized carbons (Fsp3) is 0.467. The lowest BCUT2D eigenvalue weighted by Gasteiger charge is -2.28. The van der Waals surface area contributed by atoms with Crippen molar-refractivity contribution in [1.82, 2.24) is 10.1 Å². The van der Waals surface area contributed by atoms with E-state index in [0.717, 1.165) is 16.3 Å². The predicted octanol–water partition coefficient (Wildman–Crippen LogP) is 2.88. The highest BCUT2D eigenvalue weighted by atomic mass is 32.2. The third-order valence-electron chi connectivity index (χ3n) is 3.47. The van der Waals surface area contributed by atoms with Gasteiger partial charge in [-0.15, -0.1) is 23.1 Å². The molecule has 1 atom stereocenters. The Morgan fingerprint density at radius 3 is 3.05 bits per heavy atom. The van der Waals surface area contributed by atoms with Crippen molar-refractivity contribution in [3.63, 3.8) is 0 Å². The van der Waals surface area contributed by atoms with Crippen molar-refractivity contribution >= 4 is 29.0 Å². The van der Waals surface area contributed by atoms with Gasteiger partial charge in [-0.3, -0.25) is 4.79 Å². The van der Waals surface area contributed by atoms with Gasteiger partial charge in [0.25, 0.3) is 0 Å². The molecule has 0 N–H and O–H groups in total. The smallest absolute Gasteiger partial charge is 0.235 e. The first-order chi connectivity index (χ1) is 10.7. The molecule has 0 aromatic carbocycles. The van der Waals surface area contributed by atoms with Crippen molar-refractivity contribution in [2.75, 3.05) is 26.3 Å². The summed E-state index contributed by atoms with van der Waals surface area (Å²) in [6, 6.07) is 5.94. The second-order valence-electron chi connectivity index (χ2n) is 5.05. The lowest BCUT2D eigenvalue weighted by Crippen LogP contribution is -2.44. The molecule has 3 rings (SSSR count). The van der Waals surface area contributed by atoms with Crippen molar-refractivity contribution in [1.29, 1.82) is 0 Å². The summed E-state index contributed by atoms with van der Waals surface area (Å²) in [5.74, 6) is 1.64. The number of rotatable bonds is 5. The van der Waals surface area contributed by atoms with Crippen molar-refractivity contribution in [3.8, 4) is 10.6 Å². The normalized spacial score (nSPS) is 16.7. The number of amides is 1. The fourth-order valence-corrected chi connectivity index (χ4v) is 3.76. The molecule has 118 valence electrons. The molecule has 7 heteroatoms. The van der Waals surface area contributed by atoms with E-state index in [1.165, 1.54) is 0 Å². The van der Waals surface area contributed by atoms with Gasteiger partial charge in [-0.2, -0.15) is 0 Å². The third-order valence-corrected chi connectivity index (χ3v) is 5.52. The summed E-state index contributed by atoms with van der Waals surface area (Å²) in [6.07, 6.45) is 0. The molecule has 0 radical (unpaired) electrons. The molecule has 2 aromatic rings. The van der Waals surface area contributed by atoms with Crippen LogP contribution >= 0.6 is 23.1 Å². The van der Waals surface area contributed by atoms with E-state index in [9.17, 15) is 4.79 Å². The van der Waals surface area contributed by atoms with E-state index in [4.69, 9.17) is 9.26 Å². The van der Waals surface area contributed by atoms with Crippen LogP contribution in [0.25, 0.3) is 10.6 Å². The molecule has 0 bridgehead atoms. The first-order valence-corrected chi connectivity index (χ1v) is 9.14. The van der Waals surface area contributed by atoms with E-state index in [-0.39, 0.29) is 11.2 Å². The standard InChI is InChI=1S/C15H18N2O3S2/c1-11(15(18)17-4-6-19-7-5-17)22-10-12-9-13(20-16-12)14-3-2-8-21-14/h2-3,8-9,11H,4-7,10H2,1H3. The molecule has 22 heavy (non-hydrogen) atoms. The first-order valence-electron chi connectivity index (χ1n) is 7.21. The summed E-state index contributed by atoms with van der Waals surface area (Å²) in [5, 5.41) is 6.01. The monoisotopic (exact) mass is 338 g/mol. The molecule has 1 saturated heterocycles. The Balaban J connectivity index is 1.52. The van der Waals surface area contributed by atoms with E-state index >= 15 is 0 Å². The predicted molar refractivity (Wildman–Crippen MR) is 88.0 cm³/mol. The van der Waals surface area contributed by atoms with Gasteiger partial charge in [0.15, 0.2) is 5.76 Å². The van der Waals surface area contributed by atoms with E-state index in [0.29, 0.717) is 32.1 Å². The van der Waals surface area contributed by atoms with Gasteiger partial charge in [0, 0.05) is 24.9 Å². The summed E-state index contributed by atoms with van der Waals surface area (Å²) < 4.78 is 10.6. The van der Waals surface area contributed by atoms with Crippen molar-refractivity contribution in [2.45, 2.75) is 17.9 Å². The summed E-state index contributed by atoms with van der Waals surface area (Å²) >= 11 is 3.21. The van der Waals surface area contributed by atoms with Crippen LogP contribution in [-0.2, 0) is 15.3 Å². The zero-order valence-corrected chi connectivity index (χ0v) is 14.0. The number of thiophene rings is 1. The highest BCUT2D eigenvalue weighted by Gasteiger charge is 2.23. The number of carbonyl (C=O) groups excluding carboxylic acids is 1. The number of hydrogen-bond acceptors (Lipinski definition) is 6. The molecule has 1 amide bonds. The second kappa shape index (κ2) is 7.30. The van der Waals surface area contributed by atoms with E-state index in [1.54, 1.807) is 23.1 Å². The zero-order valence-electron chi connectivity index (χ0n) is 12.4. The van der Waals surface area contributed by atoms with Crippen LogP contribution in [0.4, 0.5) is 0 Å². The van der Waals surface area contributed by atoms with Crippen molar-refractivity contribution in [3.05, 3.63) is 29.3 Å². The van der Waals surface area contributed by atoms with Gasteiger partial charge in [-0.1, -0.05) is 11.2 Å². The van der Waals surface area contributed by atoms with Crippen LogP contribution in [0.3, 0.4) is 0 Å². The van der Waals surface area contributed by atoms with Crippen LogP contribution in [0.5, 0.6) is 0 Å². The van der Waals surface area contributed by atoms with Gasteiger partial charge in [-0.25, -0.2) is 0 Å². The second-order valence-corrected chi connectivity index (χ2v) is 7.33. The van der Waals surface area contributed by atoms with Crippen molar-refractivity contribution in [2.24, 2.45) is 0 Å². The van der Waals surface area contributed by atoms with E-state index in [2.05, 4.69) is 5.16 Å². The molecule has 3 heterocycles. The highest BCUT2D eigenvalue weighted by Crippen LogP contribution is 2.27. The van der Waals surface area contributed by atoms with Crippen LogP contribution in [-0.4, -0.2) is 47.5 Å². The topological polar surface area (TPSA) is 55.6 Å². The number of nitrogens with zero attached hydrogens (tertiary/aromatic N) is 2. The number of aromatic nitrogens is 1. The van der Waals surface area contributed by atoms with E-state index in [1.807, 2.05) is 35.4 Å². The molecule has 5 nitrogen and oxygen atoms in total. The first kappa shape index (κ1) is 15.6. The Morgan fingerprint density at radius 1 is 1.50 bits per heavy atom. The van der Waals surface area contributed by atoms with Gasteiger partial charge >= 0.3 is 0 Å². The molecule has 2 aromatic heterocycles. The maximum atomic E-state index is 12.3. The maximum Gasteiger partial charge on any atom is 0.235 e. The van der Waals surface area contributed by atoms with Crippen LogP contribution in [0.15, 0.2) is 28.1 Å². The molecule has 1 aliphatic rings. The molecular formula is C15H18N2O3S2. The van der Waals surface area contributed by atoms with Crippen LogP contribution < -0.4 is 0 Å². The minimum Gasteiger partial charge on any atom is -0.378 e. The fourth-order valence-electron chi connectivity index (χ4n) is 2.24. The largest absolute Gasteiger partial charge is 0.378 e. The van der Waals surface area contributed by atoms with Crippen LogP contribution in [0.1, 0.15) is 12.6 Å². The average Bonchev–Trinajstić information content (AvgIpc) is 3.23. The Labute approximate surface area is 137 Å². The van der Waals surface area contributed by atoms with Gasteiger partial charge in [0.05, 0.1) is 29.0 Å². The molecule has 0 saturated carbocycles. The average molecular weight is 338 g/mol.